The third-order valence-electron chi connectivity index (χ3n) is 4.68. The van der Waals surface area contributed by atoms with Gasteiger partial charge < -0.3 is 4.42 Å². The Hall–Kier alpha value is -2.33. The summed E-state index contributed by atoms with van der Waals surface area (Å²) in [4.78, 5) is 2.24. The van der Waals surface area contributed by atoms with Gasteiger partial charge >= 0.3 is 0 Å². The quantitative estimate of drug-likeness (QED) is 0.611. The van der Waals surface area contributed by atoms with E-state index in [0.29, 0.717) is 55.1 Å². The van der Waals surface area contributed by atoms with E-state index in [1.54, 1.807) is 30.3 Å². The summed E-state index contributed by atoms with van der Waals surface area (Å²) in [6.07, 6.45) is 0. The lowest BCUT2D eigenvalue weighted by molar-refractivity contribution is 0.168. The molecule has 0 saturated carbocycles. The molecule has 3 aromatic rings. The van der Waals surface area contributed by atoms with Gasteiger partial charge in [-0.3, -0.25) is 4.90 Å². The molecule has 0 amide bonds. The third-order valence-corrected chi connectivity index (χ3v) is 6.81. The zero-order valence-corrected chi connectivity index (χ0v) is 16.9. The molecular formula is C19H18ClFN4O3S. The predicted octanol–water partition coefficient (Wildman–Crippen LogP) is 3.04. The molecule has 0 spiro atoms. The number of aromatic nitrogens is 2. The Bertz CT molecular complexity index is 1100. The summed E-state index contributed by atoms with van der Waals surface area (Å²) in [7, 11) is -3.58. The summed E-state index contributed by atoms with van der Waals surface area (Å²) in [6.45, 7) is 2.20. The van der Waals surface area contributed by atoms with Gasteiger partial charge in [0.05, 0.1) is 11.4 Å². The van der Waals surface area contributed by atoms with Crippen LogP contribution >= 0.6 is 11.6 Å². The topological polar surface area (TPSA) is 79.5 Å². The maximum Gasteiger partial charge on any atom is 0.247 e. The van der Waals surface area contributed by atoms with Gasteiger partial charge in [0.2, 0.25) is 21.8 Å². The van der Waals surface area contributed by atoms with Crippen LogP contribution in [0.1, 0.15) is 5.89 Å². The monoisotopic (exact) mass is 436 g/mol. The van der Waals surface area contributed by atoms with Crippen molar-refractivity contribution >= 4 is 21.6 Å². The summed E-state index contributed by atoms with van der Waals surface area (Å²) >= 11 is 5.92. The Morgan fingerprint density at radius 2 is 1.76 bits per heavy atom. The molecule has 0 unspecified atom stereocenters. The van der Waals surface area contributed by atoms with Gasteiger partial charge in [-0.1, -0.05) is 17.7 Å². The molecule has 152 valence electrons. The lowest BCUT2D eigenvalue weighted by Gasteiger charge is -2.33. The Labute approximate surface area is 172 Å². The fraction of sp³-hybridized carbons (Fsp3) is 0.263. The van der Waals surface area contributed by atoms with Crippen molar-refractivity contribution in [2.24, 2.45) is 0 Å². The van der Waals surface area contributed by atoms with E-state index in [9.17, 15) is 12.8 Å². The molecule has 7 nitrogen and oxygen atoms in total. The van der Waals surface area contributed by atoms with Gasteiger partial charge in [-0.05, 0) is 42.5 Å². The first-order valence-corrected chi connectivity index (χ1v) is 10.8. The van der Waals surface area contributed by atoms with Crippen LogP contribution in [0.15, 0.2) is 57.8 Å². The molecule has 1 aliphatic rings. The van der Waals surface area contributed by atoms with Crippen LogP contribution in [0.4, 0.5) is 4.39 Å². The molecule has 1 aromatic heterocycles. The maximum atomic E-state index is 13.0. The molecule has 0 N–H and O–H groups in total. The summed E-state index contributed by atoms with van der Waals surface area (Å²) in [5.41, 5.74) is 0.641. The van der Waals surface area contributed by atoms with E-state index in [2.05, 4.69) is 10.2 Å². The van der Waals surface area contributed by atoms with Gasteiger partial charge in [0.1, 0.15) is 5.82 Å². The van der Waals surface area contributed by atoms with E-state index < -0.39 is 10.0 Å². The van der Waals surface area contributed by atoms with Gasteiger partial charge in [0, 0.05) is 36.8 Å². The van der Waals surface area contributed by atoms with E-state index >= 15 is 0 Å². The molecule has 2 aromatic carbocycles. The average molecular weight is 437 g/mol. The number of rotatable bonds is 5. The van der Waals surface area contributed by atoms with Crippen LogP contribution in [-0.2, 0) is 16.6 Å². The second kappa shape index (κ2) is 8.19. The molecule has 0 aliphatic carbocycles. The second-order valence-electron chi connectivity index (χ2n) is 6.65. The van der Waals surface area contributed by atoms with Crippen molar-refractivity contribution in [3.8, 4) is 11.5 Å². The fourth-order valence-electron chi connectivity index (χ4n) is 3.12. The Balaban J connectivity index is 1.37. The highest BCUT2D eigenvalue weighted by Gasteiger charge is 2.29. The molecular weight excluding hydrogens is 419 g/mol. The van der Waals surface area contributed by atoms with Crippen LogP contribution in [0.2, 0.25) is 5.02 Å². The van der Waals surface area contributed by atoms with E-state index in [1.807, 2.05) is 4.90 Å². The minimum absolute atomic E-state index is 0.194. The molecule has 10 heteroatoms. The van der Waals surface area contributed by atoms with Crippen molar-refractivity contribution in [1.82, 2.24) is 19.4 Å². The normalized spacial score (nSPS) is 16.2. The number of sulfonamides is 1. The van der Waals surface area contributed by atoms with Crippen LogP contribution < -0.4 is 0 Å². The van der Waals surface area contributed by atoms with Gasteiger partial charge in [-0.15, -0.1) is 10.2 Å². The first-order valence-electron chi connectivity index (χ1n) is 8.98. The molecule has 0 bridgehead atoms. The van der Waals surface area contributed by atoms with Gasteiger partial charge in [0.25, 0.3) is 0 Å². The lowest BCUT2D eigenvalue weighted by Crippen LogP contribution is -2.48. The van der Waals surface area contributed by atoms with E-state index in [1.165, 1.54) is 22.5 Å². The van der Waals surface area contributed by atoms with Gasteiger partial charge in [-0.25, -0.2) is 12.8 Å². The summed E-state index contributed by atoms with van der Waals surface area (Å²) in [5, 5.41) is 8.42. The summed E-state index contributed by atoms with van der Waals surface area (Å²) in [6, 6.07) is 12.1. The predicted molar refractivity (Wildman–Crippen MR) is 105 cm³/mol. The first kappa shape index (κ1) is 20.0. The molecule has 1 fully saturated rings. The van der Waals surface area contributed by atoms with Crippen molar-refractivity contribution in [2.45, 2.75) is 11.4 Å². The SMILES string of the molecule is O=S(=O)(c1cccc(Cl)c1)N1CCN(Cc2nnc(-c3ccc(F)cc3)o2)CC1. The molecule has 0 radical (unpaired) electrons. The molecule has 29 heavy (non-hydrogen) atoms. The minimum Gasteiger partial charge on any atom is -0.419 e. The van der Waals surface area contributed by atoms with Crippen molar-refractivity contribution in [3.63, 3.8) is 0 Å². The number of halogens is 2. The molecule has 1 saturated heterocycles. The fourth-order valence-corrected chi connectivity index (χ4v) is 4.85. The van der Waals surface area contributed by atoms with Crippen LogP contribution in [-0.4, -0.2) is 54.0 Å². The highest BCUT2D eigenvalue weighted by molar-refractivity contribution is 7.89. The van der Waals surface area contributed by atoms with Crippen molar-refractivity contribution in [3.05, 3.63) is 65.3 Å². The van der Waals surface area contributed by atoms with Gasteiger partial charge in [-0.2, -0.15) is 4.31 Å². The zero-order valence-electron chi connectivity index (χ0n) is 15.3. The van der Waals surface area contributed by atoms with Crippen molar-refractivity contribution in [2.75, 3.05) is 26.2 Å². The number of hydrogen-bond acceptors (Lipinski definition) is 6. The van der Waals surface area contributed by atoms with Crippen molar-refractivity contribution < 1.29 is 17.2 Å². The summed E-state index contributed by atoms with van der Waals surface area (Å²) < 4.78 is 45.7. The number of hydrogen-bond donors (Lipinski definition) is 0. The van der Waals surface area contributed by atoms with E-state index in [0.717, 1.165) is 0 Å². The lowest BCUT2D eigenvalue weighted by atomic mass is 10.2. The molecule has 1 aliphatic heterocycles. The van der Waals surface area contributed by atoms with Crippen LogP contribution in [0.25, 0.3) is 11.5 Å². The van der Waals surface area contributed by atoms with E-state index in [-0.39, 0.29) is 10.7 Å². The summed E-state index contributed by atoms with van der Waals surface area (Å²) in [5.74, 6) is 0.414. The largest absolute Gasteiger partial charge is 0.419 e. The molecule has 4 rings (SSSR count). The Morgan fingerprint density at radius 3 is 2.45 bits per heavy atom. The molecule has 2 heterocycles. The van der Waals surface area contributed by atoms with Crippen LogP contribution in [0, 0.1) is 5.82 Å². The smallest absolute Gasteiger partial charge is 0.247 e. The van der Waals surface area contributed by atoms with Crippen molar-refractivity contribution in [1.29, 1.82) is 0 Å². The second-order valence-corrected chi connectivity index (χ2v) is 9.02. The Kier molecular flexibility index (Phi) is 5.64. The zero-order chi connectivity index (χ0) is 20.4. The number of benzene rings is 2. The van der Waals surface area contributed by atoms with Crippen LogP contribution in [0.5, 0.6) is 0 Å². The van der Waals surface area contributed by atoms with E-state index in [4.69, 9.17) is 16.0 Å². The number of piperazine rings is 1. The number of nitrogens with zero attached hydrogens (tertiary/aromatic N) is 4. The highest BCUT2D eigenvalue weighted by atomic mass is 35.5. The maximum absolute atomic E-state index is 13.0. The van der Waals surface area contributed by atoms with Crippen LogP contribution in [0.3, 0.4) is 0 Å². The highest BCUT2D eigenvalue weighted by Crippen LogP contribution is 2.22. The first-order chi connectivity index (χ1) is 13.9. The van der Waals surface area contributed by atoms with Gasteiger partial charge in [0.15, 0.2) is 0 Å². The Morgan fingerprint density at radius 1 is 1.03 bits per heavy atom. The minimum atomic E-state index is -3.58. The average Bonchev–Trinajstić information content (AvgIpc) is 3.17. The molecule has 0 atom stereocenters. The third kappa shape index (κ3) is 4.48. The standard InChI is InChI=1S/C19H18ClFN4O3S/c20-15-2-1-3-17(12-15)29(26,27)25-10-8-24(9-11-25)13-18-22-23-19(28-18)14-4-6-16(21)7-5-14/h1-7,12H,8-11,13H2.